The maximum Gasteiger partial charge on any atom is 0.231 e. The Hall–Kier alpha value is -3.59. The number of hydrogen-bond acceptors (Lipinski definition) is 6. The molecule has 0 spiro atoms. The second-order valence-corrected chi connectivity index (χ2v) is 9.13. The van der Waals surface area contributed by atoms with Crippen LogP contribution in [0.1, 0.15) is 42.8 Å². The Morgan fingerprint density at radius 2 is 1.94 bits per heavy atom. The number of nitrogens with one attached hydrogen (secondary N) is 1. The SMILES string of the molecule is COc1cccc(C(NC(=O)CSc2nncn2-c2ccc(C(C)C)cc2)c2nccn2C)c1. The number of aromatic nitrogens is 5. The molecule has 1 N–H and O–H groups in total. The molecule has 0 radical (unpaired) electrons. The number of carbonyl (C=O) groups excluding carboxylic acids is 1. The number of hydrogen-bond donors (Lipinski definition) is 1. The van der Waals surface area contributed by atoms with Gasteiger partial charge in [-0.1, -0.05) is 49.9 Å². The summed E-state index contributed by atoms with van der Waals surface area (Å²) >= 11 is 1.34. The zero-order chi connectivity index (χ0) is 24.1. The van der Waals surface area contributed by atoms with Crippen LogP contribution in [0.2, 0.25) is 0 Å². The van der Waals surface area contributed by atoms with E-state index in [1.165, 1.54) is 17.3 Å². The van der Waals surface area contributed by atoms with Crippen molar-refractivity contribution in [2.45, 2.75) is 31.0 Å². The van der Waals surface area contributed by atoms with Gasteiger partial charge in [0.05, 0.1) is 12.9 Å². The molecule has 176 valence electrons. The summed E-state index contributed by atoms with van der Waals surface area (Å²) in [6.45, 7) is 4.33. The van der Waals surface area contributed by atoms with Crippen LogP contribution >= 0.6 is 11.8 Å². The highest BCUT2D eigenvalue weighted by molar-refractivity contribution is 7.99. The quantitative estimate of drug-likeness (QED) is 0.366. The lowest BCUT2D eigenvalue weighted by Gasteiger charge is -2.19. The maximum atomic E-state index is 13.0. The van der Waals surface area contributed by atoms with Gasteiger partial charge in [0.1, 0.15) is 23.9 Å². The predicted molar refractivity (Wildman–Crippen MR) is 132 cm³/mol. The van der Waals surface area contributed by atoms with Gasteiger partial charge in [0.25, 0.3) is 0 Å². The molecule has 4 aromatic rings. The highest BCUT2D eigenvalue weighted by Gasteiger charge is 2.22. The number of ether oxygens (including phenoxy) is 1. The van der Waals surface area contributed by atoms with E-state index < -0.39 is 6.04 Å². The van der Waals surface area contributed by atoms with Crippen LogP contribution in [0.3, 0.4) is 0 Å². The summed E-state index contributed by atoms with van der Waals surface area (Å²) in [5, 5.41) is 12.0. The van der Waals surface area contributed by atoms with Crippen LogP contribution in [0.5, 0.6) is 5.75 Å². The molecule has 0 saturated heterocycles. The Bertz CT molecular complexity index is 1250. The average Bonchev–Trinajstić information content (AvgIpc) is 3.50. The predicted octanol–water partition coefficient (Wildman–Crippen LogP) is 4.13. The minimum Gasteiger partial charge on any atom is -0.497 e. The molecule has 0 aliphatic carbocycles. The van der Waals surface area contributed by atoms with E-state index in [0.29, 0.717) is 11.1 Å². The smallest absolute Gasteiger partial charge is 0.231 e. The van der Waals surface area contributed by atoms with Gasteiger partial charge in [-0.25, -0.2) is 4.98 Å². The summed E-state index contributed by atoms with van der Waals surface area (Å²) in [4.78, 5) is 17.5. The van der Waals surface area contributed by atoms with Crippen LogP contribution < -0.4 is 10.1 Å². The lowest BCUT2D eigenvalue weighted by atomic mass is 10.0. The molecule has 1 unspecified atom stereocenters. The molecule has 0 aliphatic heterocycles. The first-order chi connectivity index (χ1) is 16.5. The number of amides is 1. The van der Waals surface area contributed by atoms with Crippen LogP contribution in [-0.4, -0.2) is 43.1 Å². The standard InChI is InChI=1S/C25H28N6O2S/c1-17(2)18-8-10-20(11-9-18)31-16-27-29-25(31)34-15-22(32)28-23(24-26-12-13-30(24)3)19-6-5-7-21(14-19)33-4/h5-14,16-17,23H,15H2,1-4H3,(H,28,32). The van der Waals surface area contributed by atoms with Crippen LogP contribution in [0.15, 0.2) is 72.4 Å². The van der Waals surface area contributed by atoms with Crippen molar-refractivity contribution < 1.29 is 9.53 Å². The van der Waals surface area contributed by atoms with Crippen LogP contribution in [0.4, 0.5) is 0 Å². The number of methoxy groups -OCH3 is 1. The van der Waals surface area contributed by atoms with Gasteiger partial charge in [-0.2, -0.15) is 0 Å². The van der Waals surface area contributed by atoms with Crippen molar-refractivity contribution >= 4 is 17.7 Å². The van der Waals surface area contributed by atoms with Crippen molar-refractivity contribution in [3.63, 3.8) is 0 Å². The fourth-order valence-corrected chi connectivity index (χ4v) is 4.37. The van der Waals surface area contributed by atoms with Gasteiger partial charge in [-0.05, 0) is 41.3 Å². The molecule has 9 heteroatoms. The summed E-state index contributed by atoms with van der Waals surface area (Å²) in [5.74, 6) is 1.97. The number of thioether (sulfide) groups is 1. The molecule has 1 amide bonds. The zero-order valence-electron chi connectivity index (χ0n) is 19.7. The number of benzene rings is 2. The summed E-state index contributed by atoms with van der Waals surface area (Å²) in [6.07, 6.45) is 5.24. The van der Waals surface area contributed by atoms with Gasteiger partial charge in [0, 0.05) is 25.1 Å². The number of imidazole rings is 1. The molecule has 34 heavy (non-hydrogen) atoms. The van der Waals surface area contributed by atoms with Crippen molar-refractivity contribution in [1.29, 1.82) is 0 Å². The van der Waals surface area contributed by atoms with E-state index >= 15 is 0 Å². The fraction of sp³-hybridized carbons (Fsp3) is 0.280. The highest BCUT2D eigenvalue weighted by Crippen LogP contribution is 2.25. The number of carbonyl (C=O) groups is 1. The summed E-state index contributed by atoms with van der Waals surface area (Å²) in [5.41, 5.74) is 3.11. The van der Waals surface area contributed by atoms with Crippen LogP contribution in [0, 0.1) is 0 Å². The summed E-state index contributed by atoms with van der Waals surface area (Å²) in [7, 11) is 3.53. The second kappa shape index (κ2) is 10.6. The zero-order valence-corrected chi connectivity index (χ0v) is 20.5. The van der Waals surface area contributed by atoms with Crippen molar-refractivity contribution in [3.05, 3.63) is 84.2 Å². The van der Waals surface area contributed by atoms with E-state index in [9.17, 15) is 4.79 Å². The normalized spacial score (nSPS) is 12.0. The molecule has 8 nitrogen and oxygen atoms in total. The molecule has 0 bridgehead atoms. The van der Waals surface area contributed by atoms with E-state index in [-0.39, 0.29) is 11.7 Å². The Morgan fingerprint density at radius 1 is 1.15 bits per heavy atom. The topological polar surface area (TPSA) is 86.9 Å². The molecule has 2 heterocycles. The van der Waals surface area contributed by atoms with Gasteiger partial charge in [-0.3, -0.25) is 9.36 Å². The van der Waals surface area contributed by atoms with E-state index in [4.69, 9.17) is 4.74 Å². The van der Waals surface area contributed by atoms with E-state index in [2.05, 4.69) is 46.5 Å². The summed E-state index contributed by atoms with van der Waals surface area (Å²) in [6, 6.07) is 15.5. The number of nitrogens with zero attached hydrogens (tertiary/aromatic N) is 5. The maximum absolute atomic E-state index is 13.0. The van der Waals surface area contributed by atoms with Crippen molar-refractivity contribution in [2.75, 3.05) is 12.9 Å². The third-order valence-electron chi connectivity index (χ3n) is 5.54. The van der Waals surface area contributed by atoms with E-state index in [1.807, 2.05) is 58.8 Å². The first kappa shape index (κ1) is 23.6. The molecule has 2 aromatic carbocycles. The van der Waals surface area contributed by atoms with Gasteiger partial charge < -0.3 is 14.6 Å². The molecule has 0 fully saturated rings. The van der Waals surface area contributed by atoms with Gasteiger partial charge in [0.2, 0.25) is 5.91 Å². The van der Waals surface area contributed by atoms with Gasteiger partial charge in [-0.15, -0.1) is 10.2 Å². The van der Waals surface area contributed by atoms with Crippen LogP contribution in [-0.2, 0) is 11.8 Å². The van der Waals surface area contributed by atoms with Gasteiger partial charge >= 0.3 is 0 Å². The molecular weight excluding hydrogens is 448 g/mol. The Morgan fingerprint density at radius 3 is 2.62 bits per heavy atom. The average molecular weight is 477 g/mol. The van der Waals surface area contributed by atoms with Gasteiger partial charge in [0.15, 0.2) is 5.16 Å². The Balaban J connectivity index is 1.48. The second-order valence-electron chi connectivity index (χ2n) is 8.19. The molecule has 0 aliphatic rings. The largest absolute Gasteiger partial charge is 0.497 e. The Kier molecular flexibility index (Phi) is 7.32. The highest BCUT2D eigenvalue weighted by atomic mass is 32.2. The molecule has 0 saturated carbocycles. The first-order valence-corrected chi connectivity index (χ1v) is 12.0. The molecule has 4 rings (SSSR count). The number of aryl methyl sites for hydroxylation is 1. The summed E-state index contributed by atoms with van der Waals surface area (Å²) < 4.78 is 9.15. The lowest BCUT2D eigenvalue weighted by Crippen LogP contribution is -2.32. The van der Waals surface area contributed by atoms with E-state index in [1.54, 1.807) is 19.6 Å². The van der Waals surface area contributed by atoms with Crippen molar-refractivity contribution in [3.8, 4) is 11.4 Å². The van der Waals surface area contributed by atoms with Crippen molar-refractivity contribution in [1.82, 2.24) is 29.6 Å². The van der Waals surface area contributed by atoms with Crippen molar-refractivity contribution in [2.24, 2.45) is 7.05 Å². The lowest BCUT2D eigenvalue weighted by molar-refractivity contribution is -0.119. The minimum absolute atomic E-state index is 0.134. The third-order valence-corrected chi connectivity index (χ3v) is 6.48. The molecule has 1 atom stereocenters. The van der Waals surface area contributed by atoms with E-state index in [0.717, 1.165) is 22.8 Å². The Labute approximate surface area is 203 Å². The monoisotopic (exact) mass is 476 g/mol. The molecular formula is C25H28N6O2S. The molecule has 2 aromatic heterocycles. The number of rotatable bonds is 9. The van der Waals surface area contributed by atoms with Crippen LogP contribution in [0.25, 0.3) is 5.69 Å². The first-order valence-electron chi connectivity index (χ1n) is 11.0. The minimum atomic E-state index is -0.412. The fourth-order valence-electron chi connectivity index (χ4n) is 3.63. The third kappa shape index (κ3) is 5.31.